The summed E-state index contributed by atoms with van der Waals surface area (Å²) in [5, 5.41) is 5.31. The minimum Gasteiger partial charge on any atom is -0.491 e. The van der Waals surface area contributed by atoms with Crippen LogP contribution in [0, 0.1) is 5.82 Å². The summed E-state index contributed by atoms with van der Waals surface area (Å²) < 4.78 is 47.9. The van der Waals surface area contributed by atoms with Crippen molar-refractivity contribution in [1.29, 1.82) is 0 Å². The fraction of sp³-hybridized carbons (Fsp3) is 0.481. The molecule has 0 spiro atoms. The number of ether oxygens (including phenoxy) is 1. The number of carbonyl (C=O) groups is 2. The van der Waals surface area contributed by atoms with Crippen LogP contribution in [0.1, 0.15) is 25.7 Å². The monoisotopic (exact) mass is 563 g/mol. The molecular weight excluding hydrogens is 525 g/mol. The highest BCUT2D eigenvalue weighted by Crippen LogP contribution is 2.31. The average molecular weight is 564 g/mol. The highest BCUT2D eigenvalue weighted by atomic mass is 32.2. The van der Waals surface area contributed by atoms with Gasteiger partial charge in [0.2, 0.25) is 21.8 Å². The van der Waals surface area contributed by atoms with Crippen LogP contribution < -0.4 is 15.4 Å². The molecule has 12 heteroatoms. The summed E-state index contributed by atoms with van der Waals surface area (Å²) in [7, 11) is 1.56. The second kappa shape index (κ2) is 14.4. The summed E-state index contributed by atoms with van der Waals surface area (Å²) in [4.78, 5) is 28.4. The first-order valence-electron chi connectivity index (χ1n) is 13.0. The predicted octanol–water partition coefficient (Wildman–Crippen LogP) is 2.84. The Labute approximate surface area is 230 Å². The number of likely N-dealkylation sites (N-methyl/N-ethyl adjacent to an activating group) is 2. The summed E-state index contributed by atoms with van der Waals surface area (Å²) in [5.41, 5.74) is 0.634. The van der Waals surface area contributed by atoms with Crippen molar-refractivity contribution in [3.63, 3.8) is 0 Å². The van der Waals surface area contributed by atoms with Crippen LogP contribution >= 0.6 is 0 Å². The number of amides is 2. The lowest BCUT2D eigenvalue weighted by atomic mass is 10.2. The van der Waals surface area contributed by atoms with Gasteiger partial charge in [-0.25, -0.2) is 12.8 Å². The van der Waals surface area contributed by atoms with Crippen LogP contribution in [0.4, 0.5) is 15.8 Å². The highest BCUT2D eigenvalue weighted by Gasteiger charge is 2.29. The SMILES string of the molecule is CN(C)CCOc1ccc(NC(=O)CN(C)CC(=O)Nc2cccc(F)c2)cc1S(=O)(=O)N1CCCCCC1. The average Bonchev–Trinajstić information content (AvgIpc) is 3.14. The molecule has 0 radical (unpaired) electrons. The van der Waals surface area contributed by atoms with Crippen LogP contribution in [0.15, 0.2) is 47.4 Å². The molecule has 1 aliphatic heterocycles. The fourth-order valence-electron chi connectivity index (χ4n) is 4.18. The number of hydrogen-bond acceptors (Lipinski definition) is 7. The summed E-state index contributed by atoms with van der Waals surface area (Å²) in [6.45, 7) is 1.59. The van der Waals surface area contributed by atoms with E-state index in [9.17, 15) is 22.4 Å². The molecule has 39 heavy (non-hydrogen) atoms. The maximum atomic E-state index is 13.6. The van der Waals surface area contributed by atoms with E-state index in [1.54, 1.807) is 25.2 Å². The quantitative estimate of drug-likeness (QED) is 0.409. The van der Waals surface area contributed by atoms with Gasteiger partial charge in [0.15, 0.2) is 0 Å². The van der Waals surface area contributed by atoms with Crippen molar-refractivity contribution >= 4 is 33.2 Å². The van der Waals surface area contributed by atoms with E-state index in [1.165, 1.54) is 33.5 Å². The number of carbonyl (C=O) groups excluding carboxylic acids is 2. The Morgan fingerprint density at radius 2 is 1.54 bits per heavy atom. The Balaban J connectivity index is 1.68. The Morgan fingerprint density at radius 3 is 2.13 bits per heavy atom. The maximum absolute atomic E-state index is 13.6. The number of sulfonamides is 1. The van der Waals surface area contributed by atoms with Crippen molar-refractivity contribution in [2.45, 2.75) is 30.6 Å². The summed E-state index contributed by atoms with van der Waals surface area (Å²) in [6, 6.07) is 10.1. The number of benzene rings is 2. The van der Waals surface area contributed by atoms with E-state index in [1.807, 2.05) is 19.0 Å². The Morgan fingerprint density at radius 1 is 0.923 bits per heavy atom. The second-order valence-corrected chi connectivity index (χ2v) is 11.8. The number of anilines is 2. The van der Waals surface area contributed by atoms with Crippen LogP contribution in [0.25, 0.3) is 0 Å². The van der Waals surface area contributed by atoms with Crippen molar-refractivity contribution in [2.24, 2.45) is 0 Å². The first-order valence-corrected chi connectivity index (χ1v) is 14.4. The van der Waals surface area contributed by atoms with Crippen molar-refractivity contribution in [2.75, 3.05) is 71.1 Å². The molecule has 0 bridgehead atoms. The van der Waals surface area contributed by atoms with E-state index >= 15 is 0 Å². The standard InChI is InChI=1S/C27H38FN5O5S/c1-31(2)15-16-38-24-12-11-23(18-25(24)39(36,37)33-13-6-4-5-7-14-33)30-27(35)20-32(3)19-26(34)29-22-10-8-9-21(28)17-22/h8-12,17-18H,4-7,13-16,19-20H2,1-3H3,(H,29,34)(H,30,35). The third-order valence-corrected chi connectivity index (χ3v) is 8.06. The molecule has 2 aromatic carbocycles. The largest absolute Gasteiger partial charge is 0.491 e. The predicted molar refractivity (Wildman–Crippen MR) is 149 cm³/mol. The first-order chi connectivity index (χ1) is 18.5. The molecule has 2 aromatic rings. The Bertz CT molecular complexity index is 1230. The summed E-state index contributed by atoms with van der Waals surface area (Å²) in [6.07, 6.45) is 3.57. The van der Waals surface area contributed by atoms with Crippen molar-refractivity contribution < 1.29 is 27.1 Å². The van der Waals surface area contributed by atoms with Crippen LogP contribution in [0.3, 0.4) is 0 Å². The third kappa shape index (κ3) is 9.57. The minimum atomic E-state index is -3.84. The van der Waals surface area contributed by atoms with E-state index in [0.717, 1.165) is 25.7 Å². The minimum absolute atomic E-state index is 0.0174. The van der Waals surface area contributed by atoms with E-state index in [4.69, 9.17) is 4.74 Å². The van der Waals surface area contributed by atoms with Gasteiger partial charge in [0.25, 0.3) is 0 Å². The lowest BCUT2D eigenvalue weighted by Gasteiger charge is -2.23. The zero-order valence-corrected chi connectivity index (χ0v) is 23.6. The topological polar surface area (TPSA) is 111 Å². The highest BCUT2D eigenvalue weighted by molar-refractivity contribution is 7.89. The van der Waals surface area contributed by atoms with Gasteiger partial charge < -0.3 is 20.3 Å². The number of nitrogens with zero attached hydrogens (tertiary/aromatic N) is 3. The molecule has 0 aliphatic carbocycles. The summed E-state index contributed by atoms with van der Waals surface area (Å²) >= 11 is 0. The molecule has 0 unspecified atom stereocenters. The van der Waals surface area contributed by atoms with Crippen LogP contribution in [0.2, 0.25) is 0 Å². The molecule has 214 valence electrons. The molecule has 3 rings (SSSR count). The van der Waals surface area contributed by atoms with E-state index in [0.29, 0.717) is 37.6 Å². The van der Waals surface area contributed by atoms with E-state index < -0.39 is 27.7 Å². The number of nitrogens with one attached hydrogen (secondary N) is 2. The molecule has 1 saturated heterocycles. The molecule has 10 nitrogen and oxygen atoms in total. The van der Waals surface area contributed by atoms with Crippen LogP contribution in [-0.4, -0.2) is 94.8 Å². The maximum Gasteiger partial charge on any atom is 0.246 e. The smallest absolute Gasteiger partial charge is 0.246 e. The van der Waals surface area contributed by atoms with Gasteiger partial charge >= 0.3 is 0 Å². The second-order valence-electron chi connectivity index (χ2n) is 9.91. The van der Waals surface area contributed by atoms with Gasteiger partial charge in [-0.05, 0) is 70.4 Å². The number of halogens is 1. The lowest BCUT2D eigenvalue weighted by Crippen LogP contribution is -2.36. The molecule has 1 aliphatic rings. The van der Waals surface area contributed by atoms with Gasteiger partial charge in [0.1, 0.15) is 23.1 Å². The van der Waals surface area contributed by atoms with Crippen molar-refractivity contribution in [3.8, 4) is 5.75 Å². The van der Waals surface area contributed by atoms with Gasteiger partial charge in [0.05, 0.1) is 13.1 Å². The molecule has 2 amide bonds. The van der Waals surface area contributed by atoms with Gasteiger partial charge in [-0.2, -0.15) is 4.31 Å². The van der Waals surface area contributed by atoms with Crippen LogP contribution in [0.5, 0.6) is 5.75 Å². The van der Waals surface area contributed by atoms with Gasteiger partial charge in [-0.15, -0.1) is 0 Å². The Hall–Kier alpha value is -3.06. The molecule has 1 fully saturated rings. The molecule has 0 atom stereocenters. The van der Waals surface area contributed by atoms with E-state index in [-0.39, 0.29) is 23.7 Å². The van der Waals surface area contributed by atoms with Crippen molar-refractivity contribution in [3.05, 3.63) is 48.3 Å². The zero-order chi connectivity index (χ0) is 28.4. The fourth-order valence-corrected chi connectivity index (χ4v) is 5.85. The Kier molecular flexibility index (Phi) is 11.2. The number of hydrogen-bond donors (Lipinski definition) is 2. The molecule has 0 aromatic heterocycles. The first kappa shape index (κ1) is 30.5. The van der Waals surface area contributed by atoms with Gasteiger partial charge in [-0.1, -0.05) is 18.9 Å². The van der Waals surface area contributed by atoms with Gasteiger partial charge in [-0.3, -0.25) is 14.5 Å². The molecule has 1 heterocycles. The van der Waals surface area contributed by atoms with E-state index in [2.05, 4.69) is 10.6 Å². The lowest BCUT2D eigenvalue weighted by molar-refractivity contribution is -0.119. The molecule has 2 N–H and O–H groups in total. The summed E-state index contributed by atoms with van der Waals surface area (Å²) in [5.74, 6) is -1.05. The number of rotatable bonds is 12. The normalized spacial score (nSPS) is 14.7. The van der Waals surface area contributed by atoms with Crippen LogP contribution in [-0.2, 0) is 19.6 Å². The van der Waals surface area contributed by atoms with Gasteiger partial charge in [0, 0.05) is 31.0 Å². The van der Waals surface area contributed by atoms with Crippen molar-refractivity contribution in [1.82, 2.24) is 14.1 Å². The zero-order valence-electron chi connectivity index (χ0n) is 22.8. The molecular formula is C27H38FN5O5S. The molecule has 0 saturated carbocycles. The third-order valence-electron chi connectivity index (χ3n) is 6.14.